The zero-order valence-electron chi connectivity index (χ0n) is 9.99. The minimum absolute atomic E-state index is 0.0128. The first-order valence-electron chi connectivity index (χ1n) is 5.67. The topological polar surface area (TPSA) is 55.1 Å². The van der Waals surface area contributed by atoms with Crippen LogP contribution in [-0.2, 0) is 6.54 Å². The summed E-state index contributed by atoms with van der Waals surface area (Å²) >= 11 is 3.05. The highest BCUT2D eigenvalue weighted by atomic mass is 79.9. The summed E-state index contributed by atoms with van der Waals surface area (Å²) in [6.45, 7) is 0.303. The first-order valence-corrected chi connectivity index (χ1v) is 6.46. The minimum Gasteiger partial charge on any atom is -0.326 e. The maximum Gasteiger partial charge on any atom is 0.258 e. The van der Waals surface area contributed by atoms with Gasteiger partial charge in [0.05, 0.1) is 10.0 Å². The Hall–Kier alpha value is -1.72. The van der Waals surface area contributed by atoms with Crippen LogP contribution in [0.15, 0.2) is 46.9 Å². The molecule has 0 fully saturated rings. The Bertz CT molecular complexity index is 616. The monoisotopic (exact) mass is 322 g/mol. The number of hydrogen-bond acceptors (Lipinski definition) is 2. The molecule has 3 nitrogen and oxygen atoms in total. The molecular formula is C14H12BrFN2O. The summed E-state index contributed by atoms with van der Waals surface area (Å²) < 4.78 is 14.1. The molecule has 0 aromatic heterocycles. The minimum atomic E-state index is -0.578. The fourth-order valence-corrected chi connectivity index (χ4v) is 2.06. The van der Waals surface area contributed by atoms with Crippen LogP contribution >= 0.6 is 15.9 Å². The van der Waals surface area contributed by atoms with Crippen molar-refractivity contribution in [2.45, 2.75) is 6.54 Å². The first kappa shape index (κ1) is 13.7. The maximum atomic E-state index is 13.8. The lowest BCUT2D eigenvalue weighted by molar-refractivity contribution is 0.102. The predicted molar refractivity (Wildman–Crippen MR) is 76.4 cm³/mol. The molecule has 0 spiro atoms. The van der Waals surface area contributed by atoms with E-state index in [1.54, 1.807) is 24.3 Å². The lowest BCUT2D eigenvalue weighted by atomic mass is 10.1. The van der Waals surface area contributed by atoms with E-state index in [4.69, 9.17) is 5.73 Å². The molecule has 2 rings (SSSR count). The van der Waals surface area contributed by atoms with Gasteiger partial charge in [-0.05, 0) is 39.7 Å². The first-order chi connectivity index (χ1) is 9.13. The van der Waals surface area contributed by atoms with Crippen molar-refractivity contribution in [3.63, 3.8) is 0 Å². The Labute approximate surface area is 118 Å². The van der Waals surface area contributed by atoms with E-state index >= 15 is 0 Å². The third-order valence-corrected chi connectivity index (χ3v) is 3.29. The van der Waals surface area contributed by atoms with E-state index in [2.05, 4.69) is 21.2 Å². The highest BCUT2D eigenvalue weighted by molar-refractivity contribution is 9.10. The highest BCUT2D eigenvalue weighted by Crippen LogP contribution is 2.21. The van der Waals surface area contributed by atoms with E-state index < -0.39 is 11.7 Å². The smallest absolute Gasteiger partial charge is 0.258 e. The van der Waals surface area contributed by atoms with Crippen molar-refractivity contribution in [2.75, 3.05) is 5.32 Å². The van der Waals surface area contributed by atoms with Gasteiger partial charge in [0, 0.05) is 12.2 Å². The van der Waals surface area contributed by atoms with Crippen LogP contribution in [0.5, 0.6) is 0 Å². The van der Waals surface area contributed by atoms with E-state index in [0.717, 1.165) is 5.56 Å². The zero-order chi connectivity index (χ0) is 13.8. The largest absolute Gasteiger partial charge is 0.326 e. The van der Waals surface area contributed by atoms with Gasteiger partial charge in [-0.3, -0.25) is 4.79 Å². The van der Waals surface area contributed by atoms with Crippen LogP contribution in [0.2, 0.25) is 0 Å². The van der Waals surface area contributed by atoms with Gasteiger partial charge in [0.1, 0.15) is 5.82 Å². The van der Waals surface area contributed by atoms with Gasteiger partial charge < -0.3 is 11.1 Å². The van der Waals surface area contributed by atoms with Crippen molar-refractivity contribution in [3.8, 4) is 0 Å². The second kappa shape index (κ2) is 5.95. The number of hydrogen-bond donors (Lipinski definition) is 2. The Balaban J connectivity index is 2.28. The SMILES string of the molecule is NCc1ccccc1NC(=O)c1cccc(Br)c1F. The maximum absolute atomic E-state index is 13.8. The molecule has 0 saturated heterocycles. The average Bonchev–Trinajstić information content (AvgIpc) is 2.42. The Morgan fingerprint density at radius 3 is 2.68 bits per heavy atom. The lowest BCUT2D eigenvalue weighted by Crippen LogP contribution is -2.15. The summed E-state index contributed by atoms with van der Waals surface area (Å²) in [6.07, 6.45) is 0. The molecule has 0 atom stereocenters. The number of carbonyl (C=O) groups is 1. The van der Waals surface area contributed by atoms with Crippen molar-refractivity contribution in [1.29, 1.82) is 0 Å². The molecule has 2 aromatic rings. The molecule has 0 aliphatic heterocycles. The summed E-state index contributed by atoms with van der Waals surface area (Å²) in [7, 11) is 0. The number of nitrogens with one attached hydrogen (secondary N) is 1. The van der Waals surface area contributed by atoms with Crippen LogP contribution in [0.1, 0.15) is 15.9 Å². The van der Waals surface area contributed by atoms with Crippen molar-refractivity contribution in [2.24, 2.45) is 5.73 Å². The van der Waals surface area contributed by atoms with Crippen LogP contribution in [0.4, 0.5) is 10.1 Å². The van der Waals surface area contributed by atoms with E-state index in [9.17, 15) is 9.18 Å². The van der Waals surface area contributed by atoms with Gasteiger partial charge in [0.2, 0.25) is 0 Å². The number of amides is 1. The molecule has 0 heterocycles. The lowest BCUT2D eigenvalue weighted by Gasteiger charge is -2.10. The number of nitrogens with two attached hydrogens (primary N) is 1. The van der Waals surface area contributed by atoms with Gasteiger partial charge in [0.25, 0.3) is 5.91 Å². The average molecular weight is 323 g/mol. The number of anilines is 1. The molecule has 19 heavy (non-hydrogen) atoms. The molecule has 0 aliphatic carbocycles. The van der Waals surface area contributed by atoms with Gasteiger partial charge in [-0.1, -0.05) is 24.3 Å². The Morgan fingerprint density at radius 1 is 1.21 bits per heavy atom. The van der Waals surface area contributed by atoms with Gasteiger partial charge >= 0.3 is 0 Å². The zero-order valence-corrected chi connectivity index (χ0v) is 11.6. The van der Waals surface area contributed by atoms with Crippen LogP contribution < -0.4 is 11.1 Å². The summed E-state index contributed by atoms with van der Waals surface area (Å²) in [5.74, 6) is -1.08. The molecule has 1 amide bonds. The number of halogens is 2. The van der Waals surface area contributed by atoms with E-state index in [0.29, 0.717) is 12.2 Å². The Kier molecular flexibility index (Phi) is 4.29. The number of benzene rings is 2. The standard InChI is InChI=1S/C14H12BrFN2O/c15-11-6-3-5-10(13(11)16)14(19)18-12-7-2-1-4-9(12)8-17/h1-7H,8,17H2,(H,18,19). The normalized spacial score (nSPS) is 10.3. The number of rotatable bonds is 3. The molecule has 3 N–H and O–H groups in total. The molecule has 0 aliphatic rings. The van der Waals surface area contributed by atoms with Crippen LogP contribution in [0, 0.1) is 5.82 Å². The van der Waals surface area contributed by atoms with Crippen molar-refractivity contribution >= 4 is 27.5 Å². The Morgan fingerprint density at radius 2 is 1.95 bits per heavy atom. The van der Waals surface area contributed by atoms with Crippen molar-refractivity contribution < 1.29 is 9.18 Å². The predicted octanol–water partition coefficient (Wildman–Crippen LogP) is 3.30. The molecular weight excluding hydrogens is 311 g/mol. The second-order valence-corrected chi connectivity index (χ2v) is 4.77. The van der Waals surface area contributed by atoms with Crippen LogP contribution in [-0.4, -0.2) is 5.91 Å². The van der Waals surface area contributed by atoms with Gasteiger partial charge in [-0.2, -0.15) is 0 Å². The molecule has 0 radical (unpaired) electrons. The molecule has 0 unspecified atom stereocenters. The second-order valence-electron chi connectivity index (χ2n) is 3.92. The highest BCUT2D eigenvalue weighted by Gasteiger charge is 2.14. The summed E-state index contributed by atoms with van der Waals surface area (Å²) in [5.41, 5.74) is 6.96. The number of carbonyl (C=O) groups excluding carboxylic acids is 1. The van der Waals surface area contributed by atoms with Gasteiger partial charge in [-0.15, -0.1) is 0 Å². The van der Waals surface area contributed by atoms with E-state index in [1.807, 2.05) is 12.1 Å². The quantitative estimate of drug-likeness (QED) is 0.911. The fraction of sp³-hybridized carbons (Fsp3) is 0.0714. The molecule has 98 valence electrons. The molecule has 0 bridgehead atoms. The van der Waals surface area contributed by atoms with Crippen molar-refractivity contribution in [3.05, 3.63) is 63.9 Å². The van der Waals surface area contributed by atoms with Gasteiger partial charge in [-0.25, -0.2) is 4.39 Å². The molecule has 5 heteroatoms. The summed E-state index contributed by atoms with van der Waals surface area (Å²) in [5, 5.41) is 2.67. The van der Waals surface area contributed by atoms with Crippen LogP contribution in [0.25, 0.3) is 0 Å². The summed E-state index contributed by atoms with van der Waals surface area (Å²) in [6, 6.07) is 11.7. The van der Waals surface area contributed by atoms with Crippen LogP contribution in [0.3, 0.4) is 0 Å². The van der Waals surface area contributed by atoms with Gasteiger partial charge in [0.15, 0.2) is 0 Å². The van der Waals surface area contributed by atoms with E-state index in [1.165, 1.54) is 6.07 Å². The van der Waals surface area contributed by atoms with E-state index in [-0.39, 0.29) is 10.0 Å². The third-order valence-electron chi connectivity index (χ3n) is 2.68. The molecule has 0 saturated carbocycles. The third kappa shape index (κ3) is 3.00. The number of para-hydroxylation sites is 1. The van der Waals surface area contributed by atoms with Crippen molar-refractivity contribution in [1.82, 2.24) is 0 Å². The summed E-state index contributed by atoms with van der Waals surface area (Å²) in [4.78, 5) is 12.0. The molecule has 2 aromatic carbocycles. The fourth-order valence-electron chi connectivity index (χ4n) is 1.69.